The van der Waals surface area contributed by atoms with Gasteiger partial charge in [-0.1, -0.05) is 53.1 Å². The highest BCUT2D eigenvalue weighted by Gasteiger charge is 2.26. The quantitative estimate of drug-likeness (QED) is 0.299. The lowest BCUT2D eigenvalue weighted by molar-refractivity contribution is 0.114. The monoisotopic (exact) mass is 568 g/mol. The maximum absolute atomic E-state index is 12.8. The van der Waals surface area contributed by atoms with Crippen LogP contribution in [0.4, 0.5) is 0 Å². The molecule has 0 aliphatic carbocycles. The molecule has 1 atom stereocenters. The van der Waals surface area contributed by atoms with Crippen LogP contribution in [-0.4, -0.2) is 44.6 Å². The fourth-order valence-electron chi connectivity index (χ4n) is 3.10. The first-order chi connectivity index (χ1) is 17.3. The molecule has 0 saturated carbocycles. The summed E-state index contributed by atoms with van der Waals surface area (Å²) in [5.74, 6) is 0. The summed E-state index contributed by atoms with van der Waals surface area (Å²) >= 11 is 0. The fourth-order valence-corrected chi connectivity index (χ4v) is 6.05. The van der Waals surface area contributed by atoms with E-state index in [1.807, 2.05) is 0 Å². The van der Waals surface area contributed by atoms with Crippen LogP contribution in [0.5, 0.6) is 0 Å². The van der Waals surface area contributed by atoms with Gasteiger partial charge in [0.1, 0.15) is 6.10 Å². The van der Waals surface area contributed by atoms with Crippen LogP contribution in [0.25, 0.3) is 0 Å². The van der Waals surface area contributed by atoms with Crippen LogP contribution in [0.1, 0.15) is 23.1 Å². The minimum atomic E-state index is -4.32. The van der Waals surface area contributed by atoms with Crippen LogP contribution in [0, 0.1) is 20.8 Å². The largest absolute Gasteiger partial charge is 0.297 e. The zero-order chi connectivity index (χ0) is 27.3. The van der Waals surface area contributed by atoms with Crippen molar-refractivity contribution in [2.75, 3.05) is 13.2 Å². The second kappa shape index (κ2) is 11.8. The van der Waals surface area contributed by atoms with Gasteiger partial charge >= 0.3 is 0 Å². The Morgan fingerprint density at radius 1 is 0.541 bits per heavy atom. The molecule has 0 aliphatic rings. The molecule has 3 rings (SSSR count). The van der Waals surface area contributed by atoms with Crippen LogP contribution < -0.4 is 0 Å². The number of benzene rings is 3. The molecule has 0 aliphatic heterocycles. The van der Waals surface area contributed by atoms with Gasteiger partial charge in [0.25, 0.3) is 30.4 Å². The minimum Gasteiger partial charge on any atom is -0.266 e. The summed E-state index contributed by atoms with van der Waals surface area (Å²) in [5, 5.41) is 0. The predicted molar refractivity (Wildman–Crippen MR) is 136 cm³/mol. The first-order valence-corrected chi connectivity index (χ1v) is 15.4. The van der Waals surface area contributed by atoms with Crippen molar-refractivity contribution < 1.29 is 37.8 Å². The van der Waals surface area contributed by atoms with Gasteiger partial charge in [0.15, 0.2) is 0 Å². The van der Waals surface area contributed by atoms with Gasteiger partial charge in [0.05, 0.1) is 27.9 Å². The Kier molecular flexibility index (Phi) is 9.27. The summed E-state index contributed by atoms with van der Waals surface area (Å²) in [6.45, 7) is 4.23. The standard InChI is InChI=1S/C25H28O9S3/c1-19-4-10-23(11-5-19)35(26,27)32-17-16-22(34-37(30,31)25-14-8-21(3)9-15-25)18-33-36(28,29)24-12-6-20(2)7-13-24/h4-15,22H,16-18H2,1-3H3. The maximum Gasteiger partial charge on any atom is 0.297 e. The number of aryl methyl sites for hydroxylation is 3. The summed E-state index contributed by atoms with van der Waals surface area (Å²) < 4.78 is 91.2. The highest BCUT2D eigenvalue weighted by atomic mass is 32.2. The topological polar surface area (TPSA) is 130 Å². The highest BCUT2D eigenvalue weighted by Crippen LogP contribution is 2.20. The van der Waals surface area contributed by atoms with Crippen molar-refractivity contribution in [2.24, 2.45) is 0 Å². The number of hydrogen-bond donors (Lipinski definition) is 0. The Labute approximate surface area is 218 Å². The van der Waals surface area contributed by atoms with Crippen molar-refractivity contribution in [1.29, 1.82) is 0 Å². The molecule has 0 aromatic heterocycles. The third kappa shape index (κ3) is 8.19. The van der Waals surface area contributed by atoms with E-state index in [0.29, 0.717) is 0 Å². The van der Waals surface area contributed by atoms with Crippen LogP contribution in [0.2, 0.25) is 0 Å². The highest BCUT2D eigenvalue weighted by molar-refractivity contribution is 7.87. The Hall–Kier alpha value is -2.61. The Bertz CT molecular complexity index is 1510. The van der Waals surface area contributed by atoms with E-state index in [1.165, 1.54) is 36.4 Å². The van der Waals surface area contributed by atoms with Crippen LogP contribution in [0.3, 0.4) is 0 Å². The van der Waals surface area contributed by atoms with E-state index < -0.39 is 49.7 Å². The third-order valence-electron chi connectivity index (χ3n) is 5.28. The summed E-state index contributed by atoms with van der Waals surface area (Å²) in [7, 11) is -12.7. The van der Waals surface area contributed by atoms with Gasteiger partial charge in [0.2, 0.25) is 0 Å². The first kappa shape index (κ1) is 29.0. The Morgan fingerprint density at radius 3 is 1.30 bits per heavy atom. The van der Waals surface area contributed by atoms with Crippen LogP contribution >= 0.6 is 0 Å². The molecule has 1 unspecified atom stereocenters. The Morgan fingerprint density at radius 2 is 0.892 bits per heavy atom. The number of rotatable bonds is 12. The van der Waals surface area contributed by atoms with E-state index in [4.69, 9.17) is 12.5 Å². The molecule has 0 heterocycles. The molecule has 0 radical (unpaired) electrons. The molecule has 0 N–H and O–H groups in total. The van der Waals surface area contributed by atoms with Gasteiger partial charge in [-0.2, -0.15) is 25.3 Å². The van der Waals surface area contributed by atoms with Gasteiger partial charge in [0, 0.05) is 6.42 Å². The molecule has 200 valence electrons. The van der Waals surface area contributed by atoms with Crippen LogP contribution in [-0.2, 0) is 42.9 Å². The van der Waals surface area contributed by atoms with E-state index >= 15 is 0 Å². The normalized spacial score (nSPS) is 13.4. The van der Waals surface area contributed by atoms with Gasteiger partial charge in [-0.05, 0) is 57.2 Å². The van der Waals surface area contributed by atoms with Gasteiger partial charge < -0.3 is 0 Å². The molecule has 9 nitrogen and oxygen atoms in total. The second-order valence-corrected chi connectivity index (χ2v) is 13.2. The van der Waals surface area contributed by atoms with Crippen molar-refractivity contribution >= 4 is 30.4 Å². The van der Waals surface area contributed by atoms with Crippen molar-refractivity contribution in [3.8, 4) is 0 Å². The molecule has 12 heteroatoms. The van der Waals surface area contributed by atoms with E-state index in [-0.39, 0.29) is 21.1 Å². The van der Waals surface area contributed by atoms with Crippen molar-refractivity contribution in [1.82, 2.24) is 0 Å². The predicted octanol–water partition coefficient (Wildman–Crippen LogP) is 3.89. The summed E-state index contributed by atoms with van der Waals surface area (Å²) in [5.41, 5.74) is 2.54. The van der Waals surface area contributed by atoms with Gasteiger partial charge in [-0.3, -0.25) is 12.5 Å². The SMILES string of the molecule is Cc1ccc(S(=O)(=O)OCCC(COS(=O)(=O)c2ccc(C)cc2)OS(=O)(=O)c2ccc(C)cc2)cc1. The lowest BCUT2D eigenvalue weighted by Gasteiger charge is -2.18. The van der Waals surface area contributed by atoms with Crippen LogP contribution in [0.15, 0.2) is 87.5 Å². The van der Waals surface area contributed by atoms with Crippen molar-refractivity contribution in [3.63, 3.8) is 0 Å². The first-order valence-electron chi connectivity index (χ1n) is 11.2. The lowest BCUT2D eigenvalue weighted by atomic mass is 10.2. The number of hydrogen-bond acceptors (Lipinski definition) is 9. The molecule has 0 fully saturated rings. The third-order valence-corrected chi connectivity index (χ3v) is 9.28. The van der Waals surface area contributed by atoms with Gasteiger partial charge in [-0.25, -0.2) is 0 Å². The van der Waals surface area contributed by atoms with Crippen molar-refractivity contribution in [3.05, 3.63) is 89.5 Å². The molecular weight excluding hydrogens is 540 g/mol. The molecule has 3 aromatic carbocycles. The summed E-state index contributed by atoms with van der Waals surface area (Å²) in [6.07, 6.45) is -1.65. The average Bonchev–Trinajstić information content (AvgIpc) is 2.83. The fraction of sp³-hybridized carbons (Fsp3) is 0.280. The van der Waals surface area contributed by atoms with E-state index in [9.17, 15) is 25.3 Å². The van der Waals surface area contributed by atoms with E-state index in [2.05, 4.69) is 0 Å². The minimum absolute atomic E-state index is 0.0685. The molecule has 0 spiro atoms. The van der Waals surface area contributed by atoms with E-state index in [1.54, 1.807) is 57.2 Å². The van der Waals surface area contributed by atoms with Gasteiger partial charge in [-0.15, -0.1) is 0 Å². The summed E-state index contributed by atoms with van der Waals surface area (Å²) in [4.78, 5) is -0.324. The lowest BCUT2D eigenvalue weighted by Crippen LogP contribution is -2.27. The second-order valence-electron chi connectivity index (χ2n) is 8.41. The molecule has 3 aromatic rings. The molecular formula is C25H28O9S3. The maximum atomic E-state index is 12.8. The van der Waals surface area contributed by atoms with Crippen molar-refractivity contribution in [2.45, 2.75) is 48.0 Å². The zero-order valence-electron chi connectivity index (χ0n) is 20.5. The smallest absolute Gasteiger partial charge is 0.266 e. The van der Waals surface area contributed by atoms with E-state index in [0.717, 1.165) is 16.7 Å². The molecule has 0 bridgehead atoms. The molecule has 0 amide bonds. The molecule has 37 heavy (non-hydrogen) atoms. The zero-order valence-corrected chi connectivity index (χ0v) is 23.0. The summed E-state index contributed by atoms with van der Waals surface area (Å²) in [6, 6.07) is 17.8. The average molecular weight is 569 g/mol. The Balaban J connectivity index is 1.75. The molecule has 0 saturated heterocycles.